The van der Waals surface area contributed by atoms with E-state index in [0.717, 1.165) is 32.4 Å². The van der Waals surface area contributed by atoms with Gasteiger partial charge in [-0.2, -0.15) is 13.2 Å². The first-order valence-electron chi connectivity index (χ1n) is 6.48. The summed E-state index contributed by atoms with van der Waals surface area (Å²) in [7, 11) is 1.64. The number of methoxy groups -OCH3 is 1. The van der Waals surface area contributed by atoms with Crippen molar-refractivity contribution in [2.45, 2.75) is 32.4 Å². The third-order valence-corrected chi connectivity index (χ3v) is 2.50. The van der Waals surface area contributed by atoms with E-state index in [9.17, 15) is 13.2 Å². The second-order valence-corrected chi connectivity index (χ2v) is 4.34. The van der Waals surface area contributed by atoms with Gasteiger partial charge in [-0.15, -0.1) is 0 Å². The highest BCUT2D eigenvalue weighted by atomic mass is 19.4. The Labute approximate surface area is 108 Å². The van der Waals surface area contributed by atoms with Crippen LogP contribution in [0.4, 0.5) is 13.2 Å². The molecule has 0 aliphatic rings. The van der Waals surface area contributed by atoms with Gasteiger partial charge in [0.05, 0.1) is 13.2 Å². The number of hydrogen-bond acceptors (Lipinski definition) is 3. The van der Waals surface area contributed by atoms with Crippen LogP contribution in [0.15, 0.2) is 0 Å². The van der Waals surface area contributed by atoms with Gasteiger partial charge in [-0.05, 0) is 38.9 Å². The monoisotopic (exact) mass is 270 g/mol. The van der Waals surface area contributed by atoms with Crippen molar-refractivity contribution < 1.29 is 17.9 Å². The van der Waals surface area contributed by atoms with Crippen molar-refractivity contribution in [2.24, 2.45) is 0 Å². The number of rotatable bonds is 11. The molecule has 0 spiro atoms. The highest BCUT2D eigenvalue weighted by molar-refractivity contribution is 4.63. The van der Waals surface area contributed by atoms with E-state index in [-0.39, 0.29) is 0 Å². The maximum atomic E-state index is 12.3. The van der Waals surface area contributed by atoms with Crippen molar-refractivity contribution in [1.82, 2.24) is 10.2 Å². The van der Waals surface area contributed by atoms with Gasteiger partial charge in [-0.25, -0.2) is 0 Å². The molecule has 0 saturated carbocycles. The Balaban J connectivity index is 3.58. The lowest BCUT2D eigenvalue weighted by atomic mass is 10.2. The number of ether oxygens (including phenoxy) is 1. The van der Waals surface area contributed by atoms with Crippen molar-refractivity contribution in [3.63, 3.8) is 0 Å². The molecule has 0 aliphatic heterocycles. The van der Waals surface area contributed by atoms with Crippen molar-refractivity contribution in [2.75, 3.05) is 46.4 Å². The van der Waals surface area contributed by atoms with Crippen molar-refractivity contribution in [3.05, 3.63) is 0 Å². The molecule has 0 saturated heterocycles. The Morgan fingerprint density at radius 2 is 1.83 bits per heavy atom. The Morgan fingerprint density at radius 3 is 2.39 bits per heavy atom. The van der Waals surface area contributed by atoms with Gasteiger partial charge in [0.1, 0.15) is 0 Å². The SMILES string of the molecule is CCCN(CCCCNCCOC)CC(F)(F)F. The van der Waals surface area contributed by atoms with Crippen LogP contribution in [0.2, 0.25) is 0 Å². The van der Waals surface area contributed by atoms with Gasteiger partial charge >= 0.3 is 6.18 Å². The molecule has 0 rings (SSSR count). The van der Waals surface area contributed by atoms with Crippen LogP contribution in [0, 0.1) is 0 Å². The zero-order chi connectivity index (χ0) is 13.9. The maximum absolute atomic E-state index is 12.3. The normalized spacial score (nSPS) is 12.3. The molecule has 0 atom stereocenters. The van der Waals surface area contributed by atoms with E-state index in [1.54, 1.807) is 7.11 Å². The van der Waals surface area contributed by atoms with Gasteiger partial charge in [0.25, 0.3) is 0 Å². The number of hydrogen-bond donors (Lipinski definition) is 1. The Bertz CT molecular complexity index is 189. The highest BCUT2D eigenvalue weighted by Crippen LogP contribution is 2.16. The Morgan fingerprint density at radius 1 is 1.11 bits per heavy atom. The van der Waals surface area contributed by atoms with Gasteiger partial charge in [0.2, 0.25) is 0 Å². The summed E-state index contributed by atoms with van der Waals surface area (Å²) in [6.07, 6.45) is -1.66. The fraction of sp³-hybridized carbons (Fsp3) is 1.00. The predicted octanol–water partition coefficient (Wildman–Crippen LogP) is 2.28. The van der Waals surface area contributed by atoms with Crippen LogP contribution < -0.4 is 5.32 Å². The van der Waals surface area contributed by atoms with Crippen molar-refractivity contribution >= 4 is 0 Å². The molecule has 18 heavy (non-hydrogen) atoms. The van der Waals surface area contributed by atoms with E-state index in [4.69, 9.17) is 4.74 Å². The average Bonchev–Trinajstić information content (AvgIpc) is 2.26. The summed E-state index contributed by atoms with van der Waals surface area (Å²) in [4.78, 5) is 1.48. The summed E-state index contributed by atoms with van der Waals surface area (Å²) >= 11 is 0. The lowest BCUT2D eigenvalue weighted by molar-refractivity contribution is -0.146. The smallest absolute Gasteiger partial charge is 0.383 e. The van der Waals surface area contributed by atoms with Crippen molar-refractivity contribution in [1.29, 1.82) is 0 Å². The maximum Gasteiger partial charge on any atom is 0.401 e. The summed E-state index contributed by atoms with van der Waals surface area (Å²) in [6, 6.07) is 0. The molecule has 0 aromatic carbocycles. The number of alkyl halides is 3. The van der Waals surface area contributed by atoms with E-state index in [2.05, 4.69) is 5.32 Å². The topological polar surface area (TPSA) is 24.5 Å². The first-order valence-corrected chi connectivity index (χ1v) is 6.48. The number of halogens is 3. The van der Waals surface area contributed by atoms with Crippen molar-refractivity contribution in [3.8, 4) is 0 Å². The molecule has 1 N–H and O–H groups in total. The van der Waals surface area contributed by atoms with Crippen LogP contribution in [-0.4, -0.2) is 57.5 Å². The van der Waals surface area contributed by atoms with E-state index in [0.29, 0.717) is 19.7 Å². The fourth-order valence-corrected chi connectivity index (χ4v) is 1.72. The average molecular weight is 270 g/mol. The van der Waals surface area contributed by atoms with Crippen LogP contribution in [-0.2, 0) is 4.74 Å². The van der Waals surface area contributed by atoms with E-state index >= 15 is 0 Å². The third kappa shape index (κ3) is 12.1. The zero-order valence-corrected chi connectivity index (χ0v) is 11.4. The summed E-state index contributed by atoms with van der Waals surface area (Å²) in [6.45, 7) is 4.41. The van der Waals surface area contributed by atoms with E-state index in [1.165, 1.54) is 4.90 Å². The second kappa shape index (κ2) is 10.6. The van der Waals surface area contributed by atoms with Gasteiger partial charge in [-0.1, -0.05) is 6.92 Å². The molecule has 110 valence electrons. The first kappa shape index (κ1) is 17.7. The van der Waals surface area contributed by atoms with Crippen LogP contribution >= 0.6 is 0 Å². The second-order valence-electron chi connectivity index (χ2n) is 4.34. The molecule has 0 bridgehead atoms. The summed E-state index contributed by atoms with van der Waals surface area (Å²) in [5, 5.41) is 3.17. The van der Waals surface area contributed by atoms with Crippen LogP contribution in [0.3, 0.4) is 0 Å². The standard InChI is InChI=1S/C12H25F3N2O/c1-3-8-17(11-12(13,14)15)9-5-4-6-16-7-10-18-2/h16H,3-11H2,1-2H3. The lowest BCUT2D eigenvalue weighted by Crippen LogP contribution is -2.35. The zero-order valence-electron chi connectivity index (χ0n) is 11.4. The van der Waals surface area contributed by atoms with Gasteiger partial charge < -0.3 is 10.1 Å². The molecule has 0 unspecified atom stereocenters. The first-order chi connectivity index (χ1) is 8.49. The molecule has 6 heteroatoms. The summed E-state index contributed by atoms with van der Waals surface area (Å²) in [5.74, 6) is 0. The molecule has 0 aromatic rings. The largest absolute Gasteiger partial charge is 0.401 e. The molecule has 0 aliphatic carbocycles. The molecular weight excluding hydrogens is 245 g/mol. The van der Waals surface area contributed by atoms with E-state index < -0.39 is 12.7 Å². The molecule has 0 radical (unpaired) electrons. The number of nitrogens with zero attached hydrogens (tertiary/aromatic N) is 1. The van der Waals surface area contributed by atoms with Crippen LogP contribution in [0.5, 0.6) is 0 Å². The van der Waals surface area contributed by atoms with Crippen LogP contribution in [0.1, 0.15) is 26.2 Å². The number of nitrogens with one attached hydrogen (secondary N) is 1. The molecule has 3 nitrogen and oxygen atoms in total. The predicted molar refractivity (Wildman–Crippen MR) is 66.8 cm³/mol. The fourth-order valence-electron chi connectivity index (χ4n) is 1.72. The molecular formula is C12H25F3N2O. The van der Waals surface area contributed by atoms with Gasteiger partial charge in [-0.3, -0.25) is 4.90 Å². The number of unbranched alkanes of at least 4 members (excludes halogenated alkanes) is 1. The quantitative estimate of drug-likeness (QED) is 0.583. The lowest BCUT2D eigenvalue weighted by Gasteiger charge is -2.22. The molecule has 0 aromatic heterocycles. The minimum atomic E-state index is -4.09. The Hall–Kier alpha value is -0.330. The summed E-state index contributed by atoms with van der Waals surface area (Å²) in [5.41, 5.74) is 0. The van der Waals surface area contributed by atoms with Gasteiger partial charge in [0, 0.05) is 13.7 Å². The minimum Gasteiger partial charge on any atom is -0.383 e. The minimum absolute atomic E-state index is 0.511. The van der Waals surface area contributed by atoms with E-state index in [1.807, 2.05) is 6.92 Å². The molecule has 0 heterocycles. The van der Waals surface area contributed by atoms with Crippen LogP contribution in [0.25, 0.3) is 0 Å². The van der Waals surface area contributed by atoms with Gasteiger partial charge in [0.15, 0.2) is 0 Å². The highest BCUT2D eigenvalue weighted by Gasteiger charge is 2.29. The molecule has 0 fully saturated rings. The summed E-state index contributed by atoms with van der Waals surface area (Å²) < 4.78 is 41.7. The molecule has 0 amide bonds. The third-order valence-electron chi connectivity index (χ3n) is 2.50. The Kier molecular flexibility index (Phi) is 10.4.